The minimum absolute atomic E-state index is 0.0523. The number of hydrogen-bond acceptors (Lipinski definition) is 5. The van der Waals surface area contributed by atoms with Crippen LogP contribution in [0.3, 0.4) is 0 Å². The zero-order chi connectivity index (χ0) is 33.1. The molecule has 0 radical (unpaired) electrons. The summed E-state index contributed by atoms with van der Waals surface area (Å²) in [6, 6.07) is 33.8. The number of fused-ring (bicyclic) bond motifs is 3. The van der Waals surface area contributed by atoms with Gasteiger partial charge in [0.25, 0.3) is 5.91 Å². The average Bonchev–Trinajstić information content (AvgIpc) is 3.13. The molecule has 4 aromatic carbocycles. The molecule has 1 atom stereocenters. The molecule has 0 aromatic heterocycles. The third kappa shape index (κ3) is 6.14. The van der Waals surface area contributed by atoms with Crippen molar-refractivity contribution in [2.45, 2.75) is 60.8 Å². The second-order valence-electron chi connectivity index (χ2n) is 13.3. The van der Waals surface area contributed by atoms with Crippen molar-refractivity contribution in [1.82, 2.24) is 15.1 Å². The quantitative estimate of drug-likeness (QED) is 0.181. The van der Waals surface area contributed by atoms with Crippen LogP contribution in [0.15, 0.2) is 107 Å². The van der Waals surface area contributed by atoms with Gasteiger partial charge in [-0.2, -0.15) is 0 Å². The lowest BCUT2D eigenvalue weighted by Gasteiger charge is -2.40. The maximum atomic E-state index is 14.0. The highest BCUT2D eigenvalue weighted by Crippen LogP contribution is 2.51. The van der Waals surface area contributed by atoms with E-state index in [0.29, 0.717) is 6.54 Å². The second-order valence-corrected chi connectivity index (χ2v) is 14.4. The van der Waals surface area contributed by atoms with E-state index in [1.807, 2.05) is 30.0 Å². The summed E-state index contributed by atoms with van der Waals surface area (Å²) < 4.78 is 0. The number of unbranched alkanes of at least 4 members (excludes halogenated alkanes) is 1. The molecule has 4 aromatic rings. The predicted octanol–water partition coefficient (Wildman–Crippen LogP) is 7.33. The van der Waals surface area contributed by atoms with Crippen LogP contribution < -0.4 is 10.2 Å². The number of nitrogens with one attached hydrogen (secondary N) is 1. The molecule has 2 amide bonds. The Kier molecular flexibility index (Phi) is 9.60. The number of rotatable bonds is 10. The summed E-state index contributed by atoms with van der Waals surface area (Å²) >= 11 is 1.77. The first-order valence-corrected chi connectivity index (χ1v) is 18.4. The fourth-order valence-electron chi connectivity index (χ4n) is 7.93. The molecule has 3 aliphatic rings. The second kappa shape index (κ2) is 14.2. The van der Waals surface area contributed by atoms with E-state index in [2.05, 4.69) is 101 Å². The number of nitrogens with zero attached hydrogens (tertiary/aromatic N) is 3. The third-order valence-corrected chi connectivity index (χ3v) is 11.8. The summed E-state index contributed by atoms with van der Waals surface area (Å²) in [5.74, 6) is 0.250. The number of anilines is 1. The molecule has 1 unspecified atom stereocenters. The largest absolute Gasteiger partial charge is 0.369 e. The Morgan fingerprint density at radius 1 is 0.833 bits per heavy atom. The van der Waals surface area contributed by atoms with Gasteiger partial charge in [-0.25, -0.2) is 0 Å². The van der Waals surface area contributed by atoms with E-state index >= 15 is 0 Å². The van der Waals surface area contributed by atoms with Gasteiger partial charge in [0.1, 0.15) is 5.41 Å². The molecule has 3 aliphatic heterocycles. The minimum Gasteiger partial charge on any atom is -0.369 e. The van der Waals surface area contributed by atoms with Gasteiger partial charge >= 0.3 is 0 Å². The minimum atomic E-state index is -0.675. The summed E-state index contributed by atoms with van der Waals surface area (Å²) in [6.07, 6.45) is 3.69. The van der Waals surface area contributed by atoms with Crippen molar-refractivity contribution in [2.75, 3.05) is 50.7 Å². The molecular formula is C41H46N4O2S. The molecule has 0 spiro atoms. The average molecular weight is 659 g/mol. The highest BCUT2D eigenvalue weighted by Gasteiger charge is 2.46. The van der Waals surface area contributed by atoms with E-state index < -0.39 is 5.41 Å². The van der Waals surface area contributed by atoms with E-state index in [1.165, 1.54) is 15.4 Å². The van der Waals surface area contributed by atoms with Crippen LogP contribution in [0.1, 0.15) is 71.8 Å². The summed E-state index contributed by atoms with van der Waals surface area (Å²) in [5, 5.41) is 3.20. The Labute approximate surface area is 289 Å². The zero-order valence-corrected chi connectivity index (χ0v) is 29.0. The van der Waals surface area contributed by atoms with Crippen molar-refractivity contribution < 1.29 is 9.59 Å². The van der Waals surface area contributed by atoms with Crippen LogP contribution in [0.25, 0.3) is 0 Å². The van der Waals surface area contributed by atoms with Crippen LogP contribution in [0.2, 0.25) is 0 Å². The van der Waals surface area contributed by atoms with Gasteiger partial charge in [-0.3, -0.25) is 14.5 Å². The van der Waals surface area contributed by atoms with Crippen molar-refractivity contribution in [3.8, 4) is 0 Å². The fraction of sp³-hybridized carbons (Fsp3) is 0.366. The molecule has 7 heteroatoms. The van der Waals surface area contributed by atoms with Crippen molar-refractivity contribution in [3.05, 3.63) is 125 Å². The number of likely N-dealkylation sites (N-methyl/N-ethyl adjacent to an activating group) is 1. The van der Waals surface area contributed by atoms with E-state index in [9.17, 15) is 9.59 Å². The van der Waals surface area contributed by atoms with Gasteiger partial charge < -0.3 is 15.1 Å². The first kappa shape index (κ1) is 32.5. The summed E-state index contributed by atoms with van der Waals surface area (Å²) in [6.45, 7) is 10.4. The van der Waals surface area contributed by atoms with Crippen molar-refractivity contribution >= 4 is 29.3 Å². The Balaban J connectivity index is 0.978. The number of benzene rings is 4. The lowest BCUT2D eigenvalue weighted by molar-refractivity contribution is -0.125. The van der Waals surface area contributed by atoms with E-state index in [4.69, 9.17) is 0 Å². The fourth-order valence-corrected chi connectivity index (χ4v) is 9.17. The molecule has 3 heterocycles. The third-order valence-electron chi connectivity index (χ3n) is 10.6. The van der Waals surface area contributed by atoms with Crippen LogP contribution in [0, 0.1) is 0 Å². The highest BCUT2D eigenvalue weighted by atomic mass is 32.2. The lowest BCUT2D eigenvalue weighted by atomic mass is 9.69. The molecule has 1 N–H and O–H groups in total. The predicted molar refractivity (Wildman–Crippen MR) is 195 cm³/mol. The first-order valence-electron chi connectivity index (χ1n) is 17.6. The molecule has 7 rings (SSSR count). The molecule has 0 bridgehead atoms. The molecule has 1 saturated heterocycles. The molecule has 248 valence electrons. The van der Waals surface area contributed by atoms with Gasteiger partial charge in [0.2, 0.25) is 5.91 Å². The number of hydrogen-bond donors (Lipinski definition) is 1. The van der Waals surface area contributed by atoms with E-state index in [-0.39, 0.29) is 17.9 Å². The standard InChI is InChI=1S/C41H46N4O2S/c1-3-42-40(47)41(35-15-7-9-17-37(35)48-38-18-10-8-16-36(38)41)22-11-12-23-43-25-27-44(28-26-43)33-20-19-32-21-24-45(39(46)34(32)29-33)30(2)31-13-5-4-6-14-31/h4-10,13-20,29-30H,3,11-12,21-28H2,1-2H3,(H,42,47). The number of carbonyl (C=O) groups excluding carboxylic acids is 2. The Morgan fingerprint density at radius 2 is 1.50 bits per heavy atom. The Bertz CT molecular complexity index is 1720. The monoisotopic (exact) mass is 658 g/mol. The van der Waals surface area contributed by atoms with Gasteiger partial charge in [0.15, 0.2) is 0 Å². The topological polar surface area (TPSA) is 55.9 Å². The molecular weight excluding hydrogens is 613 g/mol. The normalized spacial score (nSPS) is 17.7. The SMILES string of the molecule is CCNC(=O)C1(CCCCN2CCN(c3ccc4c(c3)C(=O)N(C(C)c3ccccc3)CC4)CC2)c2ccccc2Sc2ccccc21. The number of amides is 2. The van der Waals surface area contributed by atoms with E-state index in [1.54, 1.807) is 11.8 Å². The van der Waals surface area contributed by atoms with Gasteiger partial charge in [-0.15, -0.1) is 0 Å². The van der Waals surface area contributed by atoms with Gasteiger partial charge in [-0.1, -0.05) is 91.0 Å². The van der Waals surface area contributed by atoms with Crippen LogP contribution in [0.4, 0.5) is 5.69 Å². The summed E-state index contributed by atoms with van der Waals surface area (Å²) in [4.78, 5) is 37.0. The number of carbonyl (C=O) groups is 2. The van der Waals surface area contributed by atoms with E-state index in [0.717, 1.165) is 92.9 Å². The summed E-state index contributed by atoms with van der Waals surface area (Å²) in [7, 11) is 0. The van der Waals surface area contributed by atoms with Crippen molar-refractivity contribution in [1.29, 1.82) is 0 Å². The molecule has 1 fully saturated rings. The maximum Gasteiger partial charge on any atom is 0.254 e. The smallest absolute Gasteiger partial charge is 0.254 e. The number of piperazine rings is 1. The molecule has 6 nitrogen and oxygen atoms in total. The van der Waals surface area contributed by atoms with Crippen LogP contribution in [0.5, 0.6) is 0 Å². The van der Waals surface area contributed by atoms with Crippen molar-refractivity contribution in [2.24, 2.45) is 0 Å². The Hall–Kier alpha value is -4.07. The Morgan fingerprint density at radius 3 is 2.19 bits per heavy atom. The van der Waals surface area contributed by atoms with Crippen LogP contribution in [-0.4, -0.2) is 67.4 Å². The molecule has 0 saturated carbocycles. The van der Waals surface area contributed by atoms with Crippen LogP contribution in [-0.2, 0) is 16.6 Å². The van der Waals surface area contributed by atoms with Gasteiger partial charge in [0.05, 0.1) is 6.04 Å². The van der Waals surface area contributed by atoms with Gasteiger partial charge in [0, 0.05) is 60.3 Å². The maximum absolute atomic E-state index is 14.0. The van der Waals surface area contributed by atoms with Crippen molar-refractivity contribution in [3.63, 3.8) is 0 Å². The zero-order valence-electron chi connectivity index (χ0n) is 28.2. The van der Waals surface area contributed by atoms with Crippen LogP contribution >= 0.6 is 11.8 Å². The lowest BCUT2D eigenvalue weighted by Crippen LogP contribution is -2.48. The first-order chi connectivity index (χ1) is 23.5. The molecule has 0 aliphatic carbocycles. The van der Waals surface area contributed by atoms with Gasteiger partial charge in [-0.05, 0) is 86.2 Å². The summed E-state index contributed by atoms with van der Waals surface area (Å²) in [5.41, 5.74) is 5.93. The highest BCUT2D eigenvalue weighted by molar-refractivity contribution is 7.99. The molecule has 48 heavy (non-hydrogen) atoms.